The molecule has 2 fully saturated rings. The second kappa shape index (κ2) is 3.56. The smallest absolute Gasteiger partial charge is 0.0789 e. The van der Waals surface area contributed by atoms with E-state index in [0.717, 1.165) is 12.6 Å². The Hall–Kier alpha value is -0.120. The molecule has 2 aliphatic rings. The van der Waals surface area contributed by atoms with Crippen molar-refractivity contribution >= 4 is 0 Å². The fraction of sp³-hybridized carbons (Fsp3) is 1.00. The van der Waals surface area contributed by atoms with Gasteiger partial charge in [-0.15, -0.1) is 0 Å². The van der Waals surface area contributed by atoms with Crippen LogP contribution < -0.4 is 5.32 Å². The number of hydrogen-bond donors (Lipinski definition) is 1. The molecule has 0 aromatic rings. The summed E-state index contributed by atoms with van der Waals surface area (Å²) < 4.78 is 5.53. The van der Waals surface area contributed by atoms with Crippen LogP contribution in [0.3, 0.4) is 0 Å². The minimum Gasteiger partial charge on any atom is -0.377 e. The molecule has 0 radical (unpaired) electrons. The lowest BCUT2D eigenvalue weighted by Gasteiger charge is -2.26. The summed E-state index contributed by atoms with van der Waals surface area (Å²) in [6, 6.07) is 0.761. The monoisotopic (exact) mass is 184 g/mol. The van der Waals surface area contributed by atoms with Crippen LogP contribution in [-0.2, 0) is 4.74 Å². The third-order valence-electron chi connectivity index (χ3n) is 3.51. The Balaban J connectivity index is 1.90. The first kappa shape index (κ1) is 9.44. The second-order valence-electron chi connectivity index (χ2n) is 4.52. The second-order valence-corrected chi connectivity index (χ2v) is 4.52. The van der Waals surface area contributed by atoms with Crippen LogP contribution in [0.5, 0.6) is 0 Å². The van der Waals surface area contributed by atoms with E-state index in [2.05, 4.69) is 17.1 Å². The normalized spacial score (nSPS) is 41.5. The van der Waals surface area contributed by atoms with Gasteiger partial charge in [0.05, 0.1) is 5.60 Å². The fourth-order valence-corrected chi connectivity index (χ4v) is 2.40. The highest BCUT2D eigenvalue weighted by molar-refractivity contribution is 4.93. The predicted molar refractivity (Wildman–Crippen MR) is 52.9 cm³/mol. The van der Waals surface area contributed by atoms with Gasteiger partial charge >= 0.3 is 0 Å². The largest absolute Gasteiger partial charge is 0.377 e. The molecule has 2 atom stereocenters. The summed E-state index contributed by atoms with van der Waals surface area (Å²) in [5, 5.41) is 3.41. The molecule has 0 aliphatic carbocycles. The van der Waals surface area contributed by atoms with Crippen LogP contribution in [0.2, 0.25) is 0 Å². The number of hydrogen-bond acceptors (Lipinski definition) is 3. The Morgan fingerprint density at radius 1 is 1.54 bits per heavy atom. The molecule has 0 aromatic carbocycles. The van der Waals surface area contributed by atoms with E-state index < -0.39 is 0 Å². The summed E-state index contributed by atoms with van der Waals surface area (Å²) in [7, 11) is 1.83. The molecule has 0 saturated carbocycles. The number of rotatable bonds is 2. The van der Waals surface area contributed by atoms with Crippen molar-refractivity contribution in [3.63, 3.8) is 0 Å². The molecule has 1 N–H and O–H groups in total. The molecular weight excluding hydrogens is 164 g/mol. The predicted octanol–water partition coefficient (Wildman–Crippen LogP) is 0.459. The van der Waals surface area contributed by atoms with Gasteiger partial charge in [-0.05, 0) is 26.3 Å². The lowest BCUT2D eigenvalue weighted by molar-refractivity contribution is 0.0118. The van der Waals surface area contributed by atoms with Crippen LogP contribution >= 0.6 is 0 Å². The van der Waals surface area contributed by atoms with Crippen LogP contribution in [0.4, 0.5) is 0 Å². The molecule has 0 aromatic heterocycles. The number of nitrogens with zero attached hydrogens (tertiary/aromatic N) is 1. The van der Waals surface area contributed by atoms with E-state index >= 15 is 0 Å². The zero-order chi connectivity index (χ0) is 9.31. The summed E-state index contributed by atoms with van der Waals surface area (Å²) in [4.78, 5) is 2.57. The van der Waals surface area contributed by atoms with Crippen LogP contribution in [0, 0.1) is 0 Å². The summed E-state index contributed by atoms with van der Waals surface area (Å²) >= 11 is 0. The summed E-state index contributed by atoms with van der Waals surface area (Å²) in [5.41, 5.74) is 0.114. The number of likely N-dealkylation sites (tertiary alicyclic amines) is 1. The van der Waals surface area contributed by atoms with Gasteiger partial charge in [0.2, 0.25) is 0 Å². The molecule has 0 amide bonds. The van der Waals surface area contributed by atoms with Gasteiger partial charge < -0.3 is 10.1 Å². The van der Waals surface area contributed by atoms with Gasteiger partial charge in [-0.25, -0.2) is 0 Å². The summed E-state index contributed by atoms with van der Waals surface area (Å²) in [5.74, 6) is 0. The Kier molecular flexibility index (Phi) is 2.58. The topological polar surface area (TPSA) is 24.5 Å². The molecular formula is C10H20N2O. The Morgan fingerprint density at radius 2 is 2.38 bits per heavy atom. The minimum atomic E-state index is 0.114. The molecule has 0 spiro atoms. The van der Waals surface area contributed by atoms with Crippen LogP contribution in [0.25, 0.3) is 0 Å². The molecule has 2 aliphatic heterocycles. The first-order valence-corrected chi connectivity index (χ1v) is 5.23. The van der Waals surface area contributed by atoms with E-state index in [4.69, 9.17) is 4.74 Å². The highest BCUT2D eigenvalue weighted by Gasteiger charge is 2.37. The van der Waals surface area contributed by atoms with E-state index in [1.165, 1.54) is 32.5 Å². The van der Waals surface area contributed by atoms with Crippen molar-refractivity contribution in [1.82, 2.24) is 10.2 Å². The maximum atomic E-state index is 5.53. The van der Waals surface area contributed by atoms with Crippen LogP contribution in [0.1, 0.15) is 19.8 Å². The molecule has 3 heteroatoms. The minimum absolute atomic E-state index is 0.114. The first-order chi connectivity index (χ1) is 6.23. The quantitative estimate of drug-likeness (QED) is 0.675. The van der Waals surface area contributed by atoms with Crippen molar-refractivity contribution in [3.8, 4) is 0 Å². The van der Waals surface area contributed by atoms with E-state index in [1.54, 1.807) is 0 Å². The van der Waals surface area contributed by atoms with Crippen molar-refractivity contribution in [1.29, 1.82) is 0 Å². The van der Waals surface area contributed by atoms with Crippen molar-refractivity contribution < 1.29 is 4.74 Å². The van der Waals surface area contributed by atoms with Crippen molar-refractivity contribution in [2.75, 3.05) is 33.3 Å². The molecule has 2 heterocycles. The molecule has 2 rings (SSSR count). The van der Waals surface area contributed by atoms with Crippen LogP contribution in [0.15, 0.2) is 0 Å². The molecule has 76 valence electrons. The highest BCUT2D eigenvalue weighted by Crippen LogP contribution is 2.26. The SMILES string of the molecule is COC1(C)CCN(C2CCNC2)C1. The zero-order valence-electron chi connectivity index (χ0n) is 8.68. The lowest BCUT2D eigenvalue weighted by atomic mass is 10.1. The number of methoxy groups -OCH3 is 1. The Labute approximate surface area is 80.4 Å². The van der Waals surface area contributed by atoms with Crippen molar-refractivity contribution in [2.24, 2.45) is 0 Å². The third-order valence-corrected chi connectivity index (χ3v) is 3.51. The van der Waals surface area contributed by atoms with Gasteiger partial charge in [-0.3, -0.25) is 4.90 Å². The van der Waals surface area contributed by atoms with Gasteiger partial charge in [0, 0.05) is 32.8 Å². The summed E-state index contributed by atoms with van der Waals surface area (Å²) in [6.07, 6.45) is 2.49. The Bertz CT molecular complexity index is 180. The third kappa shape index (κ3) is 1.87. The first-order valence-electron chi connectivity index (χ1n) is 5.23. The molecule has 2 saturated heterocycles. The van der Waals surface area contributed by atoms with Gasteiger partial charge in [-0.1, -0.05) is 0 Å². The molecule has 0 bridgehead atoms. The maximum Gasteiger partial charge on any atom is 0.0789 e. The number of ether oxygens (including phenoxy) is 1. The maximum absolute atomic E-state index is 5.53. The molecule has 13 heavy (non-hydrogen) atoms. The molecule has 3 nitrogen and oxygen atoms in total. The Morgan fingerprint density at radius 3 is 2.92 bits per heavy atom. The fourth-order valence-electron chi connectivity index (χ4n) is 2.40. The number of nitrogens with one attached hydrogen (secondary N) is 1. The zero-order valence-corrected chi connectivity index (χ0v) is 8.68. The van der Waals surface area contributed by atoms with Crippen molar-refractivity contribution in [2.45, 2.75) is 31.4 Å². The van der Waals surface area contributed by atoms with E-state index in [1.807, 2.05) is 7.11 Å². The van der Waals surface area contributed by atoms with Gasteiger partial charge in [-0.2, -0.15) is 0 Å². The van der Waals surface area contributed by atoms with E-state index in [-0.39, 0.29) is 5.60 Å². The standard InChI is InChI=1S/C10H20N2O/c1-10(13-2)4-6-12(8-10)9-3-5-11-7-9/h9,11H,3-8H2,1-2H3. The van der Waals surface area contributed by atoms with Crippen LogP contribution in [-0.4, -0.2) is 49.8 Å². The average molecular weight is 184 g/mol. The van der Waals surface area contributed by atoms with Gasteiger partial charge in [0.25, 0.3) is 0 Å². The van der Waals surface area contributed by atoms with E-state index in [9.17, 15) is 0 Å². The highest BCUT2D eigenvalue weighted by atomic mass is 16.5. The molecule has 2 unspecified atom stereocenters. The van der Waals surface area contributed by atoms with E-state index in [0.29, 0.717) is 0 Å². The van der Waals surface area contributed by atoms with Gasteiger partial charge in [0.1, 0.15) is 0 Å². The average Bonchev–Trinajstić information content (AvgIpc) is 2.73. The van der Waals surface area contributed by atoms with Gasteiger partial charge in [0.15, 0.2) is 0 Å². The van der Waals surface area contributed by atoms with Crippen molar-refractivity contribution in [3.05, 3.63) is 0 Å². The lowest BCUT2D eigenvalue weighted by Crippen LogP contribution is -2.38. The summed E-state index contributed by atoms with van der Waals surface area (Å²) in [6.45, 7) is 6.88.